The first-order valence-electron chi connectivity index (χ1n) is 12.2. The SMILES string of the molecule is CC[NH+](CC)c1ccc(/C=N/NC(=O)CSc2nnc(-c3ccccc3)n2-c2ccc(C)cc2)c([O-])c1. The molecule has 0 fully saturated rings. The molecule has 0 aliphatic carbocycles. The number of carbonyl (C=O) groups excluding carboxylic acids is 1. The third kappa shape index (κ3) is 6.44. The summed E-state index contributed by atoms with van der Waals surface area (Å²) in [6.45, 7) is 8.00. The Balaban J connectivity index is 1.44. The van der Waals surface area contributed by atoms with Gasteiger partial charge in [-0.05, 0) is 56.7 Å². The third-order valence-electron chi connectivity index (χ3n) is 5.96. The van der Waals surface area contributed by atoms with Gasteiger partial charge in [0.25, 0.3) is 5.91 Å². The second-order valence-corrected chi connectivity index (χ2v) is 9.43. The van der Waals surface area contributed by atoms with Gasteiger partial charge in [-0.15, -0.1) is 10.2 Å². The highest BCUT2D eigenvalue weighted by Crippen LogP contribution is 2.28. The second-order valence-electron chi connectivity index (χ2n) is 8.49. The van der Waals surface area contributed by atoms with Gasteiger partial charge in [0.15, 0.2) is 11.0 Å². The molecule has 0 saturated heterocycles. The van der Waals surface area contributed by atoms with Crippen LogP contribution in [0, 0.1) is 6.92 Å². The fourth-order valence-corrected chi connectivity index (χ4v) is 4.66. The highest BCUT2D eigenvalue weighted by molar-refractivity contribution is 7.99. The van der Waals surface area contributed by atoms with E-state index >= 15 is 0 Å². The summed E-state index contributed by atoms with van der Waals surface area (Å²) < 4.78 is 1.94. The van der Waals surface area contributed by atoms with Crippen LogP contribution in [0.2, 0.25) is 0 Å². The molecule has 9 heteroatoms. The molecule has 8 nitrogen and oxygen atoms in total. The van der Waals surface area contributed by atoms with Crippen LogP contribution in [0.15, 0.2) is 83.1 Å². The molecule has 1 aromatic heterocycles. The molecule has 0 aliphatic rings. The maximum atomic E-state index is 12.5. The van der Waals surface area contributed by atoms with E-state index in [9.17, 15) is 9.90 Å². The number of aromatic nitrogens is 3. The molecule has 190 valence electrons. The van der Waals surface area contributed by atoms with Crippen molar-refractivity contribution in [3.05, 3.63) is 83.9 Å². The number of thioether (sulfide) groups is 1. The molecule has 37 heavy (non-hydrogen) atoms. The lowest BCUT2D eigenvalue weighted by molar-refractivity contribution is -0.828. The van der Waals surface area contributed by atoms with E-state index in [1.807, 2.05) is 72.2 Å². The van der Waals surface area contributed by atoms with E-state index in [0.29, 0.717) is 16.5 Å². The number of aryl methyl sites for hydroxylation is 1. The molecule has 1 amide bonds. The molecule has 2 N–H and O–H groups in total. The van der Waals surface area contributed by atoms with E-state index in [1.165, 1.54) is 22.9 Å². The van der Waals surface area contributed by atoms with E-state index in [2.05, 4.69) is 34.6 Å². The van der Waals surface area contributed by atoms with Crippen LogP contribution in [-0.2, 0) is 4.79 Å². The Hall–Kier alpha value is -3.95. The minimum atomic E-state index is -0.308. The van der Waals surface area contributed by atoms with Gasteiger partial charge in [-0.1, -0.05) is 65.5 Å². The van der Waals surface area contributed by atoms with Crippen molar-refractivity contribution in [3.8, 4) is 22.8 Å². The molecule has 0 atom stereocenters. The molecule has 0 bridgehead atoms. The quantitative estimate of drug-likeness (QED) is 0.192. The van der Waals surface area contributed by atoms with Crippen LogP contribution in [-0.4, -0.2) is 45.7 Å². The van der Waals surface area contributed by atoms with Crippen LogP contribution in [0.1, 0.15) is 25.0 Å². The Bertz CT molecular complexity index is 1370. The van der Waals surface area contributed by atoms with Crippen molar-refractivity contribution < 1.29 is 14.8 Å². The minimum Gasteiger partial charge on any atom is -0.872 e. The highest BCUT2D eigenvalue weighted by Gasteiger charge is 2.17. The van der Waals surface area contributed by atoms with E-state index in [-0.39, 0.29) is 17.4 Å². The number of quaternary nitrogens is 1. The van der Waals surface area contributed by atoms with Gasteiger partial charge in [0, 0.05) is 11.3 Å². The Morgan fingerprint density at radius 2 is 1.78 bits per heavy atom. The summed E-state index contributed by atoms with van der Waals surface area (Å²) in [6.07, 6.45) is 1.38. The first-order chi connectivity index (χ1) is 18.0. The average molecular weight is 515 g/mol. The molecule has 0 saturated carbocycles. The van der Waals surface area contributed by atoms with E-state index in [1.54, 1.807) is 12.1 Å². The Labute approximate surface area is 221 Å². The van der Waals surface area contributed by atoms with Crippen LogP contribution < -0.4 is 15.4 Å². The fraction of sp³-hybridized carbons (Fsp3) is 0.214. The molecule has 0 radical (unpaired) electrons. The normalized spacial score (nSPS) is 11.4. The first kappa shape index (κ1) is 26.1. The molecule has 0 aliphatic heterocycles. The van der Waals surface area contributed by atoms with Crippen molar-refractivity contribution in [3.63, 3.8) is 0 Å². The largest absolute Gasteiger partial charge is 0.872 e. The lowest BCUT2D eigenvalue weighted by atomic mass is 10.2. The summed E-state index contributed by atoms with van der Waals surface area (Å²) in [5, 5.41) is 25.8. The number of hydrazone groups is 1. The number of nitrogens with one attached hydrogen (secondary N) is 2. The van der Waals surface area contributed by atoms with Gasteiger partial charge in [0.05, 0.1) is 25.1 Å². The van der Waals surface area contributed by atoms with Gasteiger partial charge in [-0.3, -0.25) is 9.36 Å². The third-order valence-corrected chi connectivity index (χ3v) is 6.89. The zero-order chi connectivity index (χ0) is 26.2. The molecule has 0 unspecified atom stereocenters. The number of hydrogen-bond acceptors (Lipinski definition) is 6. The second kappa shape index (κ2) is 12.3. The number of amides is 1. The Morgan fingerprint density at radius 1 is 1.05 bits per heavy atom. The van der Waals surface area contributed by atoms with Crippen molar-refractivity contribution in [1.82, 2.24) is 20.2 Å². The zero-order valence-corrected chi connectivity index (χ0v) is 22.0. The van der Waals surface area contributed by atoms with Gasteiger partial charge < -0.3 is 10.0 Å². The molecular weight excluding hydrogens is 484 g/mol. The van der Waals surface area contributed by atoms with Crippen LogP contribution in [0.4, 0.5) is 5.69 Å². The summed E-state index contributed by atoms with van der Waals surface area (Å²) in [7, 11) is 0. The Kier molecular flexibility index (Phi) is 8.71. The van der Waals surface area contributed by atoms with Crippen molar-refractivity contribution in [1.29, 1.82) is 0 Å². The molecule has 3 aromatic carbocycles. The van der Waals surface area contributed by atoms with Gasteiger partial charge in [0.1, 0.15) is 5.69 Å². The lowest BCUT2D eigenvalue weighted by Gasteiger charge is -2.18. The molecule has 4 aromatic rings. The monoisotopic (exact) mass is 514 g/mol. The summed E-state index contributed by atoms with van der Waals surface area (Å²) >= 11 is 1.27. The van der Waals surface area contributed by atoms with Crippen LogP contribution >= 0.6 is 11.8 Å². The maximum Gasteiger partial charge on any atom is 0.250 e. The Morgan fingerprint density at radius 3 is 2.46 bits per heavy atom. The number of hydrogen-bond donors (Lipinski definition) is 2. The predicted molar refractivity (Wildman–Crippen MR) is 146 cm³/mol. The molecule has 1 heterocycles. The van der Waals surface area contributed by atoms with Crippen molar-refractivity contribution in [2.45, 2.75) is 25.9 Å². The predicted octanol–water partition coefficient (Wildman–Crippen LogP) is 3.11. The summed E-state index contributed by atoms with van der Waals surface area (Å²) in [6, 6.07) is 23.2. The minimum absolute atomic E-state index is 0.0879. The highest BCUT2D eigenvalue weighted by atomic mass is 32.2. The zero-order valence-electron chi connectivity index (χ0n) is 21.1. The summed E-state index contributed by atoms with van der Waals surface area (Å²) in [5.41, 5.74) is 6.87. The fourth-order valence-electron chi connectivity index (χ4n) is 3.92. The maximum absolute atomic E-state index is 12.5. The lowest BCUT2D eigenvalue weighted by Crippen LogP contribution is -3.06. The number of carbonyl (C=O) groups is 1. The van der Waals surface area contributed by atoms with Gasteiger partial charge in [0.2, 0.25) is 0 Å². The molecular formula is C28H30N6O2S. The number of nitrogens with zero attached hydrogens (tertiary/aromatic N) is 4. The van der Waals surface area contributed by atoms with Crippen molar-refractivity contribution in [2.24, 2.45) is 5.10 Å². The van der Waals surface area contributed by atoms with E-state index in [4.69, 9.17) is 0 Å². The van der Waals surface area contributed by atoms with Crippen molar-refractivity contribution >= 4 is 29.6 Å². The average Bonchev–Trinajstić information content (AvgIpc) is 3.34. The first-order valence-corrected chi connectivity index (χ1v) is 13.2. The smallest absolute Gasteiger partial charge is 0.250 e. The number of benzene rings is 3. The van der Waals surface area contributed by atoms with E-state index in [0.717, 1.165) is 35.6 Å². The standard InChI is InChI=1S/C28H30N6O2S/c1-4-33(5-2)24-16-13-22(25(35)17-24)18-29-30-26(36)19-37-28-32-31-27(21-9-7-6-8-10-21)34(28)23-14-11-20(3)12-15-23/h6-18,35H,4-5,19H2,1-3H3,(H,30,36)/b29-18+. The van der Waals surface area contributed by atoms with Crippen LogP contribution in [0.3, 0.4) is 0 Å². The summed E-state index contributed by atoms with van der Waals surface area (Å²) in [4.78, 5) is 13.7. The van der Waals surface area contributed by atoms with E-state index < -0.39 is 0 Å². The molecule has 4 rings (SSSR count). The van der Waals surface area contributed by atoms with Gasteiger partial charge in [-0.25, -0.2) is 5.43 Å². The molecule has 0 spiro atoms. The summed E-state index contributed by atoms with van der Waals surface area (Å²) in [5.74, 6) is 0.356. The van der Waals surface area contributed by atoms with Crippen LogP contribution in [0.25, 0.3) is 17.1 Å². The van der Waals surface area contributed by atoms with Gasteiger partial charge >= 0.3 is 0 Å². The van der Waals surface area contributed by atoms with Crippen molar-refractivity contribution in [2.75, 3.05) is 18.8 Å². The topological polar surface area (TPSA) is 99.7 Å². The number of rotatable bonds is 10. The van der Waals surface area contributed by atoms with Crippen LogP contribution in [0.5, 0.6) is 5.75 Å². The van der Waals surface area contributed by atoms with Gasteiger partial charge in [-0.2, -0.15) is 5.10 Å².